The molecule has 0 aliphatic rings. The zero-order chi connectivity index (χ0) is 12.3. The fourth-order valence-electron chi connectivity index (χ4n) is 1.21. The average molecular weight is 287 g/mol. The zero-order valence-electron chi connectivity index (χ0n) is 10.2. The number of nitrogens with two attached hydrogens (primary N) is 1. The molecule has 0 bridgehead atoms. The first-order valence-electron chi connectivity index (χ1n) is 5.20. The number of aryl methyl sites for hydroxylation is 1. The molecule has 0 atom stereocenters. The summed E-state index contributed by atoms with van der Waals surface area (Å²) >= 11 is 3.49. The highest BCUT2D eigenvalue weighted by atomic mass is 79.9. The van der Waals surface area contributed by atoms with Crippen LogP contribution < -0.4 is 11.1 Å². The lowest BCUT2D eigenvalue weighted by molar-refractivity contribution is 0.0343. The maximum atomic E-state index is 5.82. The van der Waals surface area contributed by atoms with Crippen molar-refractivity contribution in [1.29, 1.82) is 0 Å². The van der Waals surface area contributed by atoms with Gasteiger partial charge in [0.05, 0.1) is 5.60 Å². The van der Waals surface area contributed by atoms with Gasteiger partial charge in [-0.2, -0.15) is 0 Å². The molecule has 3 nitrogen and oxygen atoms in total. The fraction of sp³-hybridized carbons (Fsp3) is 0.500. The highest BCUT2D eigenvalue weighted by Gasteiger charge is 2.16. The standard InChI is InChI=1S/C12H19BrN2O/c1-8-5-11(9(13)6-10(8)14)15-7-12(2,3)16-4/h5-6,15H,7,14H2,1-4H3. The molecule has 0 fully saturated rings. The number of benzene rings is 1. The summed E-state index contributed by atoms with van der Waals surface area (Å²) in [5.74, 6) is 0. The number of rotatable bonds is 4. The van der Waals surface area contributed by atoms with Crippen LogP contribution in [0.25, 0.3) is 0 Å². The summed E-state index contributed by atoms with van der Waals surface area (Å²) < 4.78 is 6.33. The molecule has 1 aromatic carbocycles. The van der Waals surface area contributed by atoms with Crippen molar-refractivity contribution >= 4 is 27.3 Å². The molecule has 4 heteroatoms. The number of methoxy groups -OCH3 is 1. The molecule has 0 saturated heterocycles. The van der Waals surface area contributed by atoms with Gasteiger partial charge in [-0.1, -0.05) is 0 Å². The number of ether oxygens (including phenoxy) is 1. The van der Waals surface area contributed by atoms with Gasteiger partial charge >= 0.3 is 0 Å². The predicted molar refractivity (Wildman–Crippen MR) is 72.9 cm³/mol. The van der Waals surface area contributed by atoms with Gasteiger partial charge in [0.2, 0.25) is 0 Å². The summed E-state index contributed by atoms with van der Waals surface area (Å²) in [5, 5.41) is 3.34. The molecule has 0 amide bonds. The number of hydrogen-bond acceptors (Lipinski definition) is 3. The van der Waals surface area contributed by atoms with Gasteiger partial charge in [0.25, 0.3) is 0 Å². The van der Waals surface area contributed by atoms with Crippen molar-refractivity contribution in [2.45, 2.75) is 26.4 Å². The summed E-state index contributed by atoms with van der Waals surface area (Å²) in [6.07, 6.45) is 0. The Morgan fingerprint density at radius 2 is 2.06 bits per heavy atom. The second kappa shape index (κ2) is 5.06. The van der Waals surface area contributed by atoms with E-state index in [0.29, 0.717) is 0 Å². The lowest BCUT2D eigenvalue weighted by Crippen LogP contribution is -2.32. The summed E-state index contributed by atoms with van der Waals surface area (Å²) in [6, 6.07) is 3.95. The van der Waals surface area contributed by atoms with Crippen molar-refractivity contribution in [3.63, 3.8) is 0 Å². The Labute approximate surface area is 105 Å². The van der Waals surface area contributed by atoms with E-state index in [0.717, 1.165) is 28.0 Å². The van der Waals surface area contributed by atoms with Gasteiger partial charge in [-0.05, 0) is 54.4 Å². The van der Waals surface area contributed by atoms with Crippen molar-refractivity contribution in [3.05, 3.63) is 22.2 Å². The Balaban J connectivity index is 2.79. The SMILES string of the molecule is COC(C)(C)CNc1cc(C)c(N)cc1Br. The van der Waals surface area contributed by atoms with Gasteiger partial charge < -0.3 is 15.8 Å². The molecule has 0 saturated carbocycles. The fourth-order valence-corrected chi connectivity index (χ4v) is 1.71. The van der Waals surface area contributed by atoms with Crippen molar-refractivity contribution in [1.82, 2.24) is 0 Å². The van der Waals surface area contributed by atoms with E-state index in [2.05, 4.69) is 21.2 Å². The Bertz CT molecular complexity index is 378. The van der Waals surface area contributed by atoms with E-state index < -0.39 is 0 Å². The molecule has 0 aliphatic heterocycles. The van der Waals surface area contributed by atoms with Crippen LogP contribution in [0.15, 0.2) is 16.6 Å². The van der Waals surface area contributed by atoms with Gasteiger partial charge in [0.1, 0.15) is 0 Å². The minimum absolute atomic E-state index is 0.186. The van der Waals surface area contributed by atoms with E-state index in [9.17, 15) is 0 Å². The molecule has 0 heterocycles. The maximum Gasteiger partial charge on any atom is 0.0794 e. The Morgan fingerprint density at radius 1 is 1.44 bits per heavy atom. The van der Waals surface area contributed by atoms with E-state index >= 15 is 0 Å². The largest absolute Gasteiger partial charge is 0.398 e. The van der Waals surface area contributed by atoms with Crippen LogP contribution in [0.5, 0.6) is 0 Å². The Morgan fingerprint density at radius 3 is 2.62 bits per heavy atom. The topological polar surface area (TPSA) is 47.3 Å². The van der Waals surface area contributed by atoms with Crippen LogP contribution in [0.1, 0.15) is 19.4 Å². The summed E-state index contributed by atoms with van der Waals surface area (Å²) in [5.41, 5.74) is 8.53. The normalized spacial score (nSPS) is 11.6. The quantitative estimate of drug-likeness (QED) is 0.836. The summed E-state index contributed by atoms with van der Waals surface area (Å²) in [6.45, 7) is 6.82. The van der Waals surface area contributed by atoms with Crippen LogP contribution in [-0.2, 0) is 4.74 Å². The molecule has 0 aliphatic carbocycles. The third-order valence-corrected chi connectivity index (χ3v) is 3.27. The van der Waals surface area contributed by atoms with E-state index in [4.69, 9.17) is 10.5 Å². The van der Waals surface area contributed by atoms with Crippen molar-refractivity contribution < 1.29 is 4.74 Å². The smallest absolute Gasteiger partial charge is 0.0794 e. The van der Waals surface area contributed by atoms with E-state index in [1.165, 1.54) is 0 Å². The van der Waals surface area contributed by atoms with E-state index in [1.54, 1.807) is 7.11 Å². The van der Waals surface area contributed by atoms with Gasteiger partial charge in [0, 0.05) is 29.5 Å². The molecule has 0 radical (unpaired) electrons. The Kier molecular flexibility index (Phi) is 4.21. The van der Waals surface area contributed by atoms with Gasteiger partial charge in [-0.15, -0.1) is 0 Å². The number of nitrogen functional groups attached to an aromatic ring is 1. The number of halogens is 1. The second-order valence-electron chi connectivity index (χ2n) is 4.51. The Hall–Kier alpha value is -0.740. The van der Waals surface area contributed by atoms with Gasteiger partial charge in [-0.25, -0.2) is 0 Å². The highest BCUT2D eigenvalue weighted by Crippen LogP contribution is 2.28. The number of nitrogens with one attached hydrogen (secondary N) is 1. The van der Waals surface area contributed by atoms with Crippen LogP contribution >= 0.6 is 15.9 Å². The van der Waals surface area contributed by atoms with Gasteiger partial charge in [0.15, 0.2) is 0 Å². The molecule has 1 aromatic rings. The lowest BCUT2D eigenvalue weighted by atomic mass is 10.1. The molecule has 0 spiro atoms. The number of hydrogen-bond donors (Lipinski definition) is 2. The van der Waals surface area contributed by atoms with E-state index in [1.807, 2.05) is 32.9 Å². The molecule has 0 unspecified atom stereocenters. The van der Waals surface area contributed by atoms with Crippen molar-refractivity contribution in [2.75, 3.05) is 24.7 Å². The van der Waals surface area contributed by atoms with Crippen LogP contribution in [0, 0.1) is 6.92 Å². The first kappa shape index (κ1) is 13.3. The second-order valence-corrected chi connectivity index (χ2v) is 5.36. The van der Waals surface area contributed by atoms with Crippen LogP contribution in [0.2, 0.25) is 0 Å². The summed E-state index contributed by atoms with van der Waals surface area (Å²) in [4.78, 5) is 0. The third-order valence-electron chi connectivity index (χ3n) is 2.61. The van der Waals surface area contributed by atoms with Crippen LogP contribution in [0.3, 0.4) is 0 Å². The van der Waals surface area contributed by atoms with Crippen LogP contribution in [-0.4, -0.2) is 19.3 Å². The predicted octanol–water partition coefficient (Wildman–Crippen LogP) is 3.18. The van der Waals surface area contributed by atoms with E-state index in [-0.39, 0.29) is 5.60 Å². The maximum absolute atomic E-state index is 5.82. The minimum Gasteiger partial charge on any atom is -0.398 e. The highest BCUT2D eigenvalue weighted by molar-refractivity contribution is 9.10. The van der Waals surface area contributed by atoms with Gasteiger partial charge in [-0.3, -0.25) is 0 Å². The first-order chi connectivity index (χ1) is 7.35. The van der Waals surface area contributed by atoms with Crippen molar-refractivity contribution in [3.8, 4) is 0 Å². The molecule has 0 aromatic heterocycles. The average Bonchev–Trinajstić information content (AvgIpc) is 2.22. The van der Waals surface area contributed by atoms with Crippen LogP contribution in [0.4, 0.5) is 11.4 Å². The molecular weight excluding hydrogens is 268 g/mol. The van der Waals surface area contributed by atoms with Crippen molar-refractivity contribution in [2.24, 2.45) is 0 Å². The first-order valence-corrected chi connectivity index (χ1v) is 5.99. The molecule has 3 N–H and O–H groups in total. The third kappa shape index (κ3) is 3.39. The summed E-state index contributed by atoms with van der Waals surface area (Å²) in [7, 11) is 1.71. The zero-order valence-corrected chi connectivity index (χ0v) is 11.8. The molecule has 1 rings (SSSR count). The minimum atomic E-state index is -0.186. The number of anilines is 2. The molecule has 16 heavy (non-hydrogen) atoms. The molecular formula is C12H19BrN2O. The molecule has 90 valence electrons. The lowest BCUT2D eigenvalue weighted by Gasteiger charge is -2.24. The monoisotopic (exact) mass is 286 g/mol.